The van der Waals surface area contributed by atoms with Crippen molar-refractivity contribution in [3.8, 4) is 5.75 Å². The van der Waals surface area contributed by atoms with Crippen LogP contribution >= 0.6 is 0 Å². The van der Waals surface area contributed by atoms with Gasteiger partial charge in [0.2, 0.25) is 5.91 Å². The third-order valence-corrected chi connectivity index (χ3v) is 5.63. The maximum atomic E-state index is 12.7. The van der Waals surface area contributed by atoms with Gasteiger partial charge in [-0.05, 0) is 37.6 Å². The first-order valence-corrected chi connectivity index (χ1v) is 10.3. The lowest BCUT2D eigenvalue weighted by Gasteiger charge is -2.30. The number of anilines is 1. The minimum absolute atomic E-state index is 0.0403. The van der Waals surface area contributed by atoms with E-state index in [0.29, 0.717) is 12.2 Å². The highest BCUT2D eigenvalue weighted by Crippen LogP contribution is 2.35. The first-order chi connectivity index (χ1) is 15.0. The van der Waals surface area contributed by atoms with Gasteiger partial charge in [-0.25, -0.2) is 4.79 Å². The number of amides is 1. The van der Waals surface area contributed by atoms with Crippen molar-refractivity contribution in [1.82, 2.24) is 10.2 Å². The van der Waals surface area contributed by atoms with E-state index in [4.69, 9.17) is 4.74 Å². The third-order valence-electron chi connectivity index (χ3n) is 5.63. The number of hydrogen-bond acceptors (Lipinski definition) is 7. The van der Waals surface area contributed by atoms with Gasteiger partial charge in [0.05, 0.1) is 29.3 Å². The van der Waals surface area contributed by atoms with Crippen molar-refractivity contribution in [1.29, 1.82) is 0 Å². The predicted molar refractivity (Wildman–Crippen MR) is 114 cm³/mol. The fraction of sp³-hybridized carbons (Fsp3) is 0.364. The van der Waals surface area contributed by atoms with E-state index in [0.717, 1.165) is 31.5 Å². The minimum Gasteiger partial charge on any atom is -0.423 e. The maximum absolute atomic E-state index is 12.7. The number of nitro groups is 1. The molecule has 0 aliphatic carbocycles. The Labute approximate surface area is 179 Å². The van der Waals surface area contributed by atoms with E-state index in [1.54, 1.807) is 4.90 Å². The van der Waals surface area contributed by atoms with Gasteiger partial charge >= 0.3 is 5.97 Å². The van der Waals surface area contributed by atoms with Crippen LogP contribution < -0.4 is 15.0 Å². The van der Waals surface area contributed by atoms with Gasteiger partial charge < -0.3 is 15.0 Å². The summed E-state index contributed by atoms with van der Waals surface area (Å²) in [5.41, 5.74) is 1.47. The van der Waals surface area contributed by atoms with Crippen LogP contribution in [0.2, 0.25) is 0 Å². The molecule has 0 bridgehead atoms. The van der Waals surface area contributed by atoms with E-state index in [2.05, 4.69) is 22.3 Å². The summed E-state index contributed by atoms with van der Waals surface area (Å²) in [5, 5.41) is 14.0. The first kappa shape index (κ1) is 20.8. The molecule has 31 heavy (non-hydrogen) atoms. The van der Waals surface area contributed by atoms with Gasteiger partial charge in [-0.3, -0.25) is 19.8 Å². The molecule has 1 fully saturated rings. The molecule has 4 rings (SSSR count). The Morgan fingerprint density at radius 3 is 2.61 bits per heavy atom. The standard InChI is InChI=1S/C22H24N4O5/c27-21(23-13-19(24-10-4-5-11-24)16-6-2-1-3-7-16)14-25-15-22(28)31-20-12-17(26(29)30)8-9-18(20)25/h1-3,6-9,12,19H,4-5,10-11,13-15H2,(H,23,27). The van der Waals surface area contributed by atoms with Gasteiger partial charge in [-0.15, -0.1) is 0 Å². The summed E-state index contributed by atoms with van der Waals surface area (Å²) in [4.78, 5) is 39.1. The fourth-order valence-corrected chi connectivity index (χ4v) is 4.12. The number of ether oxygens (including phenoxy) is 1. The summed E-state index contributed by atoms with van der Waals surface area (Å²) >= 11 is 0. The normalized spacial score (nSPS) is 17.0. The smallest absolute Gasteiger partial charge is 0.331 e. The third kappa shape index (κ3) is 4.83. The quantitative estimate of drug-likeness (QED) is 0.315. The molecule has 2 aliphatic heterocycles. The van der Waals surface area contributed by atoms with Gasteiger partial charge in [0.15, 0.2) is 5.75 Å². The molecular formula is C22H24N4O5. The number of likely N-dealkylation sites (tertiary alicyclic amines) is 1. The second-order valence-corrected chi connectivity index (χ2v) is 7.71. The molecule has 0 spiro atoms. The van der Waals surface area contributed by atoms with Crippen molar-refractivity contribution < 1.29 is 19.2 Å². The zero-order valence-corrected chi connectivity index (χ0v) is 17.0. The number of esters is 1. The predicted octanol–water partition coefficient (Wildman–Crippen LogP) is 2.27. The Hall–Kier alpha value is -3.46. The molecular weight excluding hydrogens is 400 g/mol. The van der Waals surface area contributed by atoms with Gasteiger partial charge in [-0.1, -0.05) is 30.3 Å². The van der Waals surface area contributed by atoms with Crippen LogP contribution in [0, 0.1) is 10.1 Å². The number of carbonyl (C=O) groups excluding carboxylic acids is 2. The molecule has 2 aliphatic rings. The van der Waals surface area contributed by atoms with Crippen LogP contribution in [-0.4, -0.2) is 54.4 Å². The molecule has 2 aromatic carbocycles. The van der Waals surface area contributed by atoms with E-state index >= 15 is 0 Å². The number of carbonyl (C=O) groups is 2. The fourth-order valence-electron chi connectivity index (χ4n) is 4.12. The first-order valence-electron chi connectivity index (χ1n) is 10.3. The Balaban J connectivity index is 1.43. The summed E-state index contributed by atoms with van der Waals surface area (Å²) in [7, 11) is 0. The lowest BCUT2D eigenvalue weighted by molar-refractivity contribution is -0.384. The van der Waals surface area contributed by atoms with Crippen molar-refractivity contribution in [2.75, 3.05) is 37.6 Å². The van der Waals surface area contributed by atoms with Crippen molar-refractivity contribution in [3.63, 3.8) is 0 Å². The van der Waals surface area contributed by atoms with E-state index in [9.17, 15) is 19.7 Å². The Morgan fingerprint density at radius 2 is 1.90 bits per heavy atom. The molecule has 162 valence electrons. The molecule has 1 unspecified atom stereocenters. The maximum Gasteiger partial charge on any atom is 0.331 e. The van der Waals surface area contributed by atoms with Crippen LogP contribution in [0.15, 0.2) is 48.5 Å². The molecule has 2 aromatic rings. The molecule has 0 radical (unpaired) electrons. The van der Waals surface area contributed by atoms with Gasteiger partial charge in [-0.2, -0.15) is 0 Å². The van der Waals surface area contributed by atoms with Crippen molar-refractivity contribution in [2.45, 2.75) is 18.9 Å². The zero-order chi connectivity index (χ0) is 21.8. The summed E-state index contributed by atoms with van der Waals surface area (Å²) in [6, 6.07) is 14.2. The zero-order valence-electron chi connectivity index (χ0n) is 17.0. The molecule has 0 aromatic heterocycles. The van der Waals surface area contributed by atoms with Crippen molar-refractivity contribution in [2.24, 2.45) is 0 Å². The highest BCUT2D eigenvalue weighted by molar-refractivity contribution is 5.89. The number of hydrogen-bond donors (Lipinski definition) is 1. The van der Waals surface area contributed by atoms with Crippen LogP contribution in [0.1, 0.15) is 24.4 Å². The Kier molecular flexibility index (Phi) is 6.13. The summed E-state index contributed by atoms with van der Waals surface area (Å²) in [6.07, 6.45) is 2.30. The number of nitrogens with zero attached hydrogens (tertiary/aromatic N) is 3. The Bertz CT molecular complexity index is 975. The number of rotatable bonds is 7. The van der Waals surface area contributed by atoms with Crippen LogP contribution in [0.25, 0.3) is 0 Å². The summed E-state index contributed by atoms with van der Waals surface area (Å²) in [6.45, 7) is 2.33. The average Bonchev–Trinajstić information content (AvgIpc) is 3.28. The van der Waals surface area contributed by atoms with Crippen molar-refractivity contribution >= 4 is 23.3 Å². The molecule has 2 heterocycles. The van der Waals surface area contributed by atoms with Crippen LogP contribution in [-0.2, 0) is 9.59 Å². The average molecular weight is 424 g/mol. The highest BCUT2D eigenvalue weighted by atomic mass is 16.6. The number of non-ortho nitro benzene ring substituents is 1. The Morgan fingerprint density at radius 1 is 1.16 bits per heavy atom. The second-order valence-electron chi connectivity index (χ2n) is 7.71. The van der Waals surface area contributed by atoms with Crippen LogP contribution in [0.4, 0.5) is 11.4 Å². The van der Waals surface area contributed by atoms with Crippen LogP contribution in [0.5, 0.6) is 5.75 Å². The molecule has 9 heteroatoms. The van der Waals surface area contributed by atoms with E-state index in [-0.39, 0.29) is 36.5 Å². The summed E-state index contributed by atoms with van der Waals surface area (Å²) < 4.78 is 5.13. The molecule has 9 nitrogen and oxygen atoms in total. The highest BCUT2D eigenvalue weighted by Gasteiger charge is 2.28. The van der Waals surface area contributed by atoms with E-state index < -0.39 is 10.9 Å². The van der Waals surface area contributed by atoms with Crippen LogP contribution in [0.3, 0.4) is 0 Å². The number of benzene rings is 2. The number of nitrogens with one attached hydrogen (secondary N) is 1. The van der Waals surface area contributed by atoms with Gasteiger partial charge in [0, 0.05) is 12.6 Å². The molecule has 1 N–H and O–H groups in total. The topological polar surface area (TPSA) is 105 Å². The van der Waals surface area contributed by atoms with Gasteiger partial charge in [0.25, 0.3) is 5.69 Å². The SMILES string of the molecule is O=C(CN1CC(=O)Oc2cc([N+](=O)[O-])ccc21)NCC(c1ccccc1)N1CCCC1. The lowest BCUT2D eigenvalue weighted by Crippen LogP contribution is -2.45. The molecule has 1 amide bonds. The molecule has 1 saturated heterocycles. The molecule has 0 saturated carbocycles. The largest absolute Gasteiger partial charge is 0.423 e. The van der Waals surface area contributed by atoms with E-state index in [1.807, 2.05) is 18.2 Å². The summed E-state index contributed by atoms with van der Waals surface area (Å²) in [5.74, 6) is -0.684. The van der Waals surface area contributed by atoms with Gasteiger partial charge in [0.1, 0.15) is 6.54 Å². The monoisotopic (exact) mass is 424 g/mol. The van der Waals surface area contributed by atoms with Crippen molar-refractivity contribution in [3.05, 3.63) is 64.2 Å². The minimum atomic E-state index is -0.556. The molecule has 1 atom stereocenters. The number of fused-ring (bicyclic) bond motifs is 1. The second kappa shape index (κ2) is 9.13. The lowest BCUT2D eigenvalue weighted by atomic mass is 10.1. The van der Waals surface area contributed by atoms with E-state index in [1.165, 1.54) is 18.2 Å². The number of nitro benzene ring substituents is 1.